The molecule has 2 aliphatic heterocycles. The summed E-state index contributed by atoms with van der Waals surface area (Å²) in [6, 6.07) is 3.93. The highest BCUT2D eigenvalue weighted by Gasteiger charge is 2.30. The first-order valence-corrected chi connectivity index (χ1v) is 11.7. The van der Waals surface area contributed by atoms with Crippen LogP contribution in [0.4, 0.5) is 0 Å². The average molecular weight is 431 g/mol. The first-order chi connectivity index (χ1) is 15.1. The van der Waals surface area contributed by atoms with E-state index < -0.39 is 0 Å². The first kappa shape index (κ1) is 23.3. The number of pyridine rings is 1. The quantitative estimate of drug-likeness (QED) is 0.386. The molecule has 2 aliphatic rings. The zero-order valence-electron chi connectivity index (χ0n) is 19.3. The van der Waals surface area contributed by atoms with Gasteiger partial charge in [0.2, 0.25) is 11.8 Å². The molecule has 1 aromatic heterocycles. The van der Waals surface area contributed by atoms with Gasteiger partial charge >= 0.3 is 0 Å². The molecule has 8 nitrogen and oxygen atoms in total. The minimum absolute atomic E-state index is 0.0477. The molecule has 3 heterocycles. The summed E-state index contributed by atoms with van der Waals surface area (Å²) in [5, 5.41) is 3.46. The predicted octanol–water partition coefficient (Wildman–Crippen LogP) is 1.96. The van der Waals surface area contributed by atoms with Crippen LogP contribution in [0.3, 0.4) is 0 Å². The zero-order chi connectivity index (χ0) is 22.1. The molecule has 1 unspecified atom stereocenters. The lowest BCUT2D eigenvalue weighted by molar-refractivity contribution is -0.135. The summed E-state index contributed by atoms with van der Waals surface area (Å²) in [5.41, 5.74) is 1.03. The Morgan fingerprint density at radius 3 is 2.61 bits per heavy atom. The van der Waals surface area contributed by atoms with Crippen LogP contribution in [-0.4, -0.2) is 90.5 Å². The number of likely N-dealkylation sites (tertiary alicyclic amines) is 1. The zero-order valence-corrected chi connectivity index (χ0v) is 19.3. The van der Waals surface area contributed by atoms with E-state index in [2.05, 4.69) is 32.0 Å². The molecule has 0 spiro atoms. The molecule has 1 N–H and O–H groups in total. The van der Waals surface area contributed by atoms with Gasteiger partial charge in [-0.2, -0.15) is 0 Å². The minimum Gasteiger partial charge on any atom is -0.477 e. The summed E-state index contributed by atoms with van der Waals surface area (Å²) in [6.45, 7) is 10.8. The molecule has 0 radical (unpaired) electrons. The third kappa shape index (κ3) is 6.32. The van der Waals surface area contributed by atoms with E-state index in [9.17, 15) is 4.79 Å². The molecule has 172 valence electrons. The van der Waals surface area contributed by atoms with Gasteiger partial charge in [0.1, 0.15) is 0 Å². The average Bonchev–Trinajstić information content (AvgIpc) is 3.35. The number of piperazine rings is 1. The number of ether oxygens (including phenoxy) is 1. The Morgan fingerprint density at radius 2 is 1.94 bits per heavy atom. The van der Waals surface area contributed by atoms with Gasteiger partial charge in [-0.25, -0.2) is 4.98 Å². The van der Waals surface area contributed by atoms with Gasteiger partial charge in [-0.3, -0.25) is 14.7 Å². The second kappa shape index (κ2) is 11.9. The highest BCUT2D eigenvalue weighted by Crippen LogP contribution is 2.16. The number of guanidine groups is 1. The Hall–Kier alpha value is -2.35. The summed E-state index contributed by atoms with van der Waals surface area (Å²) in [4.78, 5) is 28.2. The van der Waals surface area contributed by atoms with Gasteiger partial charge in [0.05, 0.1) is 12.6 Å². The molecule has 0 aliphatic carbocycles. The Kier molecular flexibility index (Phi) is 8.94. The number of carbonyl (C=O) groups is 1. The monoisotopic (exact) mass is 430 g/mol. The van der Waals surface area contributed by atoms with Crippen LogP contribution in [0.25, 0.3) is 0 Å². The van der Waals surface area contributed by atoms with Crippen LogP contribution in [0.5, 0.6) is 5.88 Å². The standard InChI is InChI=1S/C23H38N6O2/c1-4-5-17-31-21-20(9-8-10-25-21)18-26-23(24-3)29-15-13-27(14-16-29)19(2)22(30)28-11-6-7-12-28/h8-10,19H,4-7,11-18H2,1-3H3,(H,24,26). The fourth-order valence-electron chi connectivity index (χ4n) is 4.19. The minimum atomic E-state index is -0.0477. The lowest BCUT2D eigenvalue weighted by atomic mass is 10.2. The summed E-state index contributed by atoms with van der Waals surface area (Å²) >= 11 is 0. The number of carbonyl (C=O) groups excluding carboxylic acids is 1. The van der Waals surface area contributed by atoms with Gasteiger partial charge in [-0.1, -0.05) is 19.4 Å². The number of nitrogens with zero attached hydrogens (tertiary/aromatic N) is 5. The highest BCUT2D eigenvalue weighted by molar-refractivity contribution is 5.82. The third-order valence-corrected chi connectivity index (χ3v) is 6.17. The molecule has 0 bridgehead atoms. The first-order valence-electron chi connectivity index (χ1n) is 11.7. The van der Waals surface area contributed by atoms with E-state index in [1.807, 2.05) is 31.0 Å². The summed E-state index contributed by atoms with van der Waals surface area (Å²) in [7, 11) is 1.82. The van der Waals surface area contributed by atoms with Gasteiger partial charge in [0, 0.05) is 64.6 Å². The van der Waals surface area contributed by atoms with Crippen LogP contribution in [-0.2, 0) is 11.3 Å². The number of amides is 1. The van der Waals surface area contributed by atoms with Crippen molar-refractivity contribution in [3.63, 3.8) is 0 Å². The lowest BCUT2D eigenvalue weighted by Crippen LogP contribution is -2.57. The SMILES string of the molecule is CCCCOc1ncccc1CNC(=NC)N1CCN(C(C)C(=O)N2CCCC2)CC1. The third-order valence-electron chi connectivity index (χ3n) is 6.17. The van der Waals surface area contributed by atoms with Crippen LogP contribution >= 0.6 is 0 Å². The van der Waals surface area contributed by atoms with Crippen LogP contribution in [0.2, 0.25) is 0 Å². The Bertz CT molecular complexity index is 727. The number of nitrogens with one attached hydrogen (secondary N) is 1. The van der Waals surface area contributed by atoms with Crippen molar-refractivity contribution in [1.29, 1.82) is 0 Å². The van der Waals surface area contributed by atoms with E-state index in [0.717, 1.165) is 76.5 Å². The fourth-order valence-corrected chi connectivity index (χ4v) is 4.19. The smallest absolute Gasteiger partial charge is 0.239 e. The van der Waals surface area contributed by atoms with E-state index in [1.165, 1.54) is 0 Å². The van der Waals surface area contributed by atoms with Crippen molar-refractivity contribution in [3.8, 4) is 5.88 Å². The van der Waals surface area contributed by atoms with Crippen LogP contribution in [0.15, 0.2) is 23.3 Å². The van der Waals surface area contributed by atoms with E-state index in [-0.39, 0.29) is 11.9 Å². The molecule has 31 heavy (non-hydrogen) atoms. The Morgan fingerprint density at radius 1 is 1.19 bits per heavy atom. The second-order valence-electron chi connectivity index (χ2n) is 8.30. The molecule has 3 rings (SSSR count). The maximum atomic E-state index is 12.7. The van der Waals surface area contributed by atoms with Crippen molar-refractivity contribution < 1.29 is 9.53 Å². The van der Waals surface area contributed by atoms with Gasteiger partial charge < -0.3 is 19.9 Å². The van der Waals surface area contributed by atoms with Gasteiger partial charge in [-0.05, 0) is 32.3 Å². The van der Waals surface area contributed by atoms with Crippen LogP contribution in [0, 0.1) is 0 Å². The molecule has 2 fully saturated rings. The summed E-state index contributed by atoms with van der Waals surface area (Å²) in [5.74, 6) is 1.85. The number of unbranched alkanes of at least 4 members (excludes halogenated alkanes) is 1. The molecule has 1 atom stereocenters. The Labute approximate surface area is 186 Å². The number of rotatable bonds is 8. The van der Waals surface area contributed by atoms with Gasteiger partial charge in [-0.15, -0.1) is 0 Å². The maximum Gasteiger partial charge on any atom is 0.239 e. The van der Waals surface area contributed by atoms with E-state index >= 15 is 0 Å². The molecular weight excluding hydrogens is 392 g/mol. The lowest BCUT2D eigenvalue weighted by Gasteiger charge is -2.39. The molecule has 8 heteroatoms. The normalized spacial score (nSPS) is 18.9. The van der Waals surface area contributed by atoms with E-state index in [1.54, 1.807) is 6.20 Å². The van der Waals surface area contributed by atoms with Crippen molar-refractivity contribution in [1.82, 2.24) is 25.0 Å². The number of aromatic nitrogens is 1. The molecule has 0 saturated carbocycles. The topological polar surface area (TPSA) is 73.3 Å². The molecule has 2 saturated heterocycles. The highest BCUT2D eigenvalue weighted by atomic mass is 16.5. The van der Waals surface area contributed by atoms with Gasteiger partial charge in [0.15, 0.2) is 5.96 Å². The van der Waals surface area contributed by atoms with Crippen molar-refractivity contribution in [2.75, 3.05) is 52.9 Å². The maximum absolute atomic E-state index is 12.7. The number of hydrogen-bond acceptors (Lipinski definition) is 5. The number of hydrogen-bond donors (Lipinski definition) is 1. The molecule has 1 amide bonds. The van der Waals surface area contributed by atoms with Crippen LogP contribution < -0.4 is 10.1 Å². The van der Waals surface area contributed by atoms with Crippen LogP contribution in [0.1, 0.15) is 45.1 Å². The van der Waals surface area contributed by atoms with Crippen molar-refractivity contribution in [2.24, 2.45) is 4.99 Å². The molecule has 1 aromatic rings. The van der Waals surface area contributed by atoms with E-state index in [0.29, 0.717) is 19.0 Å². The number of aliphatic imine (C=N–C) groups is 1. The van der Waals surface area contributed by atoms with Crippen molar-refractivity contribution in [3.05, 3.63) is 23.9 Å². The fraction of sp³-hybridized carbons (Fsp3) is 0.696. The largest absolute Gasteiger partial charge is 0.477 e. The van der Waals surface area contributed by atoms with E-state index in [4.69, 9.17) is 4.74 Å². The second-order valence-corrected chi connectivity index (χ2v) is 8.30. The van der Waals surface area contributed by atoms with Crippen molar-refractivity contribution in [2.45, 2.75) is 52.1 Å². The summed E-state index contributed by atoms with van der Waals surface area (Å²) in [6.07, 6.45) is 6.16. The predicted molar refractivity (Wildman–Crippen MR) is 123 cm³/mol. The molecular formula is C23H38N6O2. The van der Waals surface area contributed by atoms with Gasteiger partial charge in [0.25, 0.3) is 0 Å². The summed E-state index contributed by atoms with van der Waals surface area (Å²) < 4.78 is 5.85. The Balaban J connectivity index is 1.49. The molecule has 0 aromatic carbocycles. The van der Waals surface area contributed by atoms with Crippen molar-refractivity contribution >= 4 is 11.9 Å².